The molecule has 0 spiro atoms. The maximum Gasteiger partial charge on any atom is 0.313 e. The maximum absolute atomic E-state index is 11.9. The van der Waals surface area contributed by atoms with E-state index in [0.29, 0.717) is 6.42 Å². The van der Waals surface area contributed by atoms with Gasteiger partial charge in [0.25, 0.3) is 0 Å². The molecular formula is C72H100O39. The number of Topliss-reactive ketones (excluding diaryl/α,β-unsaturated/α-hetero) is 13. The predicted octanol–water partition coefficient (Wildman–Crippen LogP) is 1.74. The summed E-state index contributed by atoms with van der Waals surface area (Å²) >= 11 is 0. The van der Waals surface area contributed by atoms with Crippen LogP contribution in [0.3, 0.4) is 0 Å². The average Bonchev–Trinajstić information content (AvgIpc) is 0.858. The van der Waals surface area contributed by atoms with Gasteiger partial charge in [-0.2, -0.15) is 0 Å². The Morgan fingerprint density at radius 1 is 0.189 bits per heavy atom. The number of hydrogen-bond donors (Lipinski definition) is 0. The molecule has 0 unspecified atom stereocenters. The van der Waals surface area contributed by atoms with E-state index in [4.69, 9.17) is 61.6 Å². The van der Waals surface area contributed by atoms with Crippen LogP contribution in [0.2, 0.25) is 0 Å². The van der Waals surface area contributed by atoms with Gasteiger partial charge in [0.1, 0.15) is 250 Å². The van der Waals surface area contributed by atoms with Crippen molar-refractivity contribution in [2.24, 2.45) is 22.2 Å². The second kappa shape index (κ2) is 57.9. The third kappa shape index (κ3) is 65.6. The Labute approximate surface area is 638 Å². The zero-order chi connectivity index (χ0) is 86.4. The lowest BCUT2D eigenvalue weighted by atomic mass is 9.88. The first-order chi connectivity index (χ1) is 51.3. The molecule has 0 radical (unpaired) electrons. The molecule has 0 N–H and O–H groups in total. The van der Waals surface area contributed by atoms with Crippen LogP contribution in [0.5, 0.6) is 0 Å². The van der Waals surface area contributed by atoms with Crippen molar-refractivity contribution in [3.63, 3.8) is 0 Å². The van der Waals surface area contributed by atoms with Crippen LogP contribution >= 0.6 is 0 Å². The van der Waals surface area contributed by atoms with Gasteiger partial charge >= 0.3 is 77.6 Å². The molecule has 0 rings (SSSR count). The Morgan fingerprint density at radius 2 is 0.306 bits per heavy atom. The zero-order valence-corrected chi connectivity index (χ0v) is 65.1. The second-order valence-corrected chi connectivity index (χ2v) is 26.1. The molecule has 0 aliphatic carbocycles. The van der Waals surface area contributed by atoms with Crippen LogP contribution in [-0.2, 0) is 186 Å². The molecule has 0 aromatic carbocycles. The Balaban J connectivity index is -0.000000692. The van der Waals surface area contributed by atoms with E-state index in [-0.39, 0.29) is 112 Å². The Morgan fingerprint density at radius 3 is 0.432 bits per heavy atom. The molecule has 0 aliphatic heterocycles. The fourth-order valence-electron chi connectivity index (χ4n) is 7.29. The lowest BCUT2D eigenvalue weighted by Crippen LogP contribution is -2.44. The molecule has 0 aromatic heterocycles. The van der Waals surface area contributed by atoms with E-state index in [1.165, 1.54) is 69.2 Å². The number of carbonyl (C=O) groups excluding carboxylic acids is 26. The molecule has 0 amide bonds. The van der Waals surface area contributed by atoms with Gasteiger partial charge in [-0.15, -0.1) is 0 Å². The normalized spacial score (nSPS) is 10.5. The van der Waals surface area contributed by atoms with E-state index in [0.717, 1.165) is 27.7 Å². The maximum atomic E-state index is 11.9. The average molecular weight is 1590 g/mol. The quantitative estimate of drug-likeness (QED) is 0.0475. The van der Waals surface area contributed by atoms with Crippen LogP contribution in [0.4, 0.5) is 0 Å². The van der Waals surface area contributed by atoms with Crippen molar-refractivity contribution >= 4 is 153 Å². The fourth-order valence-corrected chi connectivity index (χ4v) is 7.29. The second-order valence-electron chi connectivity index (χ2n) is 26.1. The van der Waals surface area contributed by atoms with Crippen molar-refractivity contribution in [2.45, 2.75) is 194 Å². The van der Waals surface area contributed by atoms with E-state index in [2.05, 4.69) is 0 Å². The molecule has 111 heavy (non-hydrogen) atoms. The molecule has 0 heterocycles. The number of ketones is 13. The Bertz CT molecular complexity index is 3000. The van der Waals surface area contributed by atoms with Crippen molar-refractivity contribution in [3.05, 3.63) is 0 Å². The highest BCUT2D eigenvalue weighted by molar-refractivity contribution is 6.00. The van der Waals surface area contributed by atoms with Gasteiger partial charge in [-0.3, -0.25) is 125 Å². The predicted molar refractivity (Wildman–Crippen MR) is 368 cm³/mol. The summed E-state index contributed by atoms with van der Waals surface area (Å²) in [7, 11) is 0. The van der Waals surface area contributed by atoms with Gasteiger partial charge < -0.3 is 61.6 Å². The fraction of sp³-hybridized carbons (Fsp3) is 0.639. The van der Waals surface area contributed by atoms with Crippen LogP contribution in [0, 0.1) is 22.2 Å². The molecule has 0 saturated carbocycles. The minimum atomic E-state index is -1.64. The standard InChI is InChI=1S/C21H28O12.C18H26O9.C17H24O9.C16H22O9/c1-13(22)5-17(26)30-9-21(10-31-18(27)6-14(2)23,11-32-19(28)7-15(3)24)12-33-20(29)8-16(4)25;1-5-18(9-25-15(22)6-12(2)19,10-26-16(23)7-13(3)20)11-27-17(24)8-14(4)21;1-11(18)5-14(21)24-8-17(4,9-25-15(22)6-12(2)19)10-26-16(23)7-13(3)20;1-10(17)4-14(20)23-7-13(8-24-15(21)5-11(2)18)9-25-16(22)6-12(3)19/h5-12H2,1-4H3;5-11H2,1-4H3;5-10H2,1-4H3;13H,4-9H2,1-3H3. The third-order valence-electron chi connectivity index (χ3n) is 12.8. The summed E-state index contributed by atoms with van der Waals surface area (Å²) in [4.78, 5) is 294. The summed E-state index contributed by atoms with van der Waals surface area (Å²) in [5, 5.41) is 0. The monoisotopic (exact) mass is 1590 g/mol. The first-order valence-corrected chi connectivity index (χ1v) is 33.7. The minimum Gasteiger partial charge on any atom is -0.465 e. The van der Waals surface area contributed by atoms with Crippen LogP contribution in [0.25, 0.3) is 0 Å². The zero-order valence-electron chi connectivity index (χ0n) is 65.1. The van der Waals surface area contributed by atoms with Gasteiger partial charge in [0.2, 0.25) is 0 Å². The smallest absolute Gasteiger partial charge is 0.313 e. The summed E-state index contributed by atoms with van der Waals surface area (Å²) < 4.78 is 64.8. The number of esters is 13. The van der Waals surface area contributed by atoms with Crippen molar-refractivity contribution in [3.8, 4) is 0 Å². The number of hydrogen-bond acceptors (Lipinski definition) is 39. The first-order valence-electron chi connectivity index (χ1n) is 33.7. The van der Waals surface area contributed by atoms with E-state index in [9.17, 15) is 125 Å². The van der Waals surface area contributed by atoms with Crippen LogP contribution in [0.1, 0.15) is 194 Å². The molecule has 622 valence electrons. The lowest BCUT2D eigenvalue weighted by molar-refractivity contribution is -0.172. The summed E-state index contributed by atoms with van der Waals surface area (Å²) in [5.74, 6) is -16.6. The van der Waals surface area contributed by atoms with Crippen molar-refractivity contribution in [1.29, 1.82) is 0 Å². The summed E-state index contributed by atoms with van der Waals surface area (Å²) in [6.07, 6.45) is -5.62. The summed E-state index contributed by atoms with van der Waals surface area (Å²) in [6, 6.07) is 0. The van der Waals surface area contributed by atoms with E-state index in [1.807, 2.05) is 0 Å². The van der Waals surface area contributed by atoms with E-state index in [1.54, 1.807) is 6.92 Å². The number of ether oxygens (including phenoxy) is 13. The Kier molecular flexibility index (Phi) is 55.4. The largest absolute Gasteiger partial charge is 0.465 e. The summed E-state index contributed by atoms with van der Waals surface area (Å²) in [5.41, 5.74) is -3.81. The first kappa shape index (κ1) is 106. The highest BCUT2D eigenvalue weighted by Gasteiger charge is 2.39. The van der Waals surface area contributed by atoms with Gasteiger partial charge in [0.05, 0.1) is 16.7 Å². The SMILES string of the molecule is CC(=O)CC(=O)OCC(C)(COC(=O)CC(C)=O)COC(=O)CC(C)=O.CC(=O)CC(=O)OCC(COC(=O)CC(C)=O)(COC(=O)CC(C)=O)COC(=O)CC(C)=O.CC(=O)CC(=O)OCC(COC(=O)CC(C)=O)COC(=O)CC(C)=O.CCC(COC(=O)CC(C)=O)(COC(=O)CC(C)=O)COC(=O)CC(C)=O. The molecule has 0 aromatic rings. The van der Waals surface area contributed by atoms with Crippen molar-refractivity contribution < 1.29 is 186 Å². The molecule has 0 bridgehead atoms. The van der Waals surface area contributed by atoms with Crippen LogP contribution in [0.15, 0.2) is 0 Å². The molecule has 39 nitrogen and oxygen atoms in total. The number of carbonyl (C=O) groups is 26. The van der Waals surface area contributed by atoms with Crippen molar-refractivity contribution in [1.82, 2.24) is 0 Å². The van der Waals surface area contributed by atoms with Gasteiger partial charge in [-0.1, -0.05) is 6.92 Å². The van der Waals surface area contributed by atoms with Gasteiger partial charge in [-0.25, -0.2) is 0 Å². The molecule has 0 aliphatic rings. The Hall–Kier alpha value is -11.2. The van der Waals surface area contributed by atoms with Crippen LogP contribution in [-0.4, -0.2) is 239 Å². The van der Waals surface area contributed by atoms with E-state index >= 15 is 0 Å². The van der Waals surface area contributed by atoms with Gasteiger partial charge in [-0.05, 0) is 103 Å². The molecular weight excluding hydrogens is 1490 g/mol. The molecule has 39 heteroatoms. The highest BCUT2D eigenvalue weighted by Crippen LogP contribution is 2.26. The molecule has 0 saturated heterocycles. The molecule has 0 atom stereocenters. The third-order valence-corrected chi connectivity index (χ3v) is 12.8. The molecule has 0 fully saturated rings. The van der Waals surface area contributed by atoms with E-state index < -0.39 is 233 Å². The summed E-state index contributed by atoms with van der Waals surface area (Å²) in [6.45, 7) is 14.0. The van der Waals surface area contributed by atoms with Crippen LogP contribution < -0.4 is 0 Å². The van der Waals surface area contributed by atoms with Gasteiger partial charge in [0, 0.05) is 0 Å². The number of rotatable bonds is 53. The topological polar surface area (TPSA) is 564 Å². The lowest BCUT2D eigenvalue weighted by Gasteiger charge is -2.31. The van der Waals surface area contributed by atoms with Gasteiger partial charge in [0.15, 0.2) is 0 Å². The highest BCUT2D eigenvalue weighted by atomic mass is 16.6. The minimum absolute atomic E-state index is 0.257. The van der Waals surface area contributed by atoms with Crippen molar-refractivity contribution in [2.75, 3.05) is 85.9 Å².